The van der Waals surface area contributed by atoms with E-state index in [0.29, 0.717) is 25.6 Å². The first kappa shape index (κ1) is 24.2. The summed E-state index contributed by atoms with van der Waals surface area (Å²) in [5.41, 5.74) is 0. The van der Waals surface area contributed by atoms with Crippen LogP contribution < -0.4 is 5.32 Å². The highest BCUT2D eigenvalue weighted by atomic mass is 16.5. The fraction of sp³-hybridized carbons (Fsp3) is 0.826. The molecular weight excluding hydrogens is 398 g/mol. The van der Waals surface area contributed by atoms with Gasteiger partial charge in [0.15, 0.2) is 0 Å². The second-order valence-electron chi connectivity index (χ2n) is 9.83. The Morgan fingerprint density at radius 1 is 1.19 bits per heavy atom. The van der Waals surface area contributed by atoms with Gasteiger partial charge < -0.3 is 30.1 Å². The third-order valence-electron chi connectivity index (χ3n) is 7.41. The molecule has 2 saturated carbocycles. The second-order valence-corrected chi connectivity index (χ2v) is 9.83. The van der Waals surface area contributed by atoms with Crippen LogP contribution in [0.15, 0.2) is 12.2 Å². The molecule has 3 aliphatic rings. The van der Waals surface area contributed by atoms with Gasteiger partial charge in [-0.3, -0.25) is 9.59 Å². The summed E-state index contributed by atoms with van der Waals surface area (Å²) < 4.78 is 5.55. The van der Waals surface area contributed by atoms with Gasteiger partial charge in [-0.2, -0.15) is 0 Å². The van der Waals surface area contributed by atoms with Crippen molar-refractivity contribution in [3.05, 3.63) is 12.2 Å². The van der Waals surface area contributed by atoms with Crippen LogP contribution in [0.5, 0.6) is 0 Å². The van der Waals surface area contributed by atoms with Crippen LogP contribution in [0.2, 0.25) is 0 Å². The Morgan fingerprint density at radius 2 is 1.94 bits per heavy atom. The summed E-state index contributed by atoms with van der Waals surface area (Å²) in [6.45, 7) is 3.82. The van der Waals surface area contributed by atoms with Gasteiger partial charge in [-0.15, -0.1) is 0 Å². The van der Waals surface area contributed by atoms with Crippen LogP contribution in [0.25, 0.3) is 0 Å². The van der Waals surface area contributed by atoms with E-state index >= 15 is 0 Å². The summed E-state index contributed by atoms with van der Waals surface area (Å²) in [4.78, 5) is 29.6. The van der Waals surface area contributed by atoms with Gasteiger partial charge >= 0.3 is 0 Å². The van der Waals surface area contributed by atoms with E-state index in [4.69, 9.17) is 4.74 Å². The number of fused-ring (bicyclic) bond motifs is 1. The van der Waals surface area contributed by atoms with E-state index in [9.17, 15) is 19.8 Å². The monoisotopic (exact) mass is 437 g/mol. The largest absolute Gasteiger partial charge is 0.393 e. The molecule has 2 amide bonds. The first-order chi connectivity index (χ1) is 14.7. The van der Waals surface area contributed by atoms with Crippen LogP contribution in [-0.2, 0) is 14.3 Å². The minimum atomic E-state index is -0.913. The van der Waals surface area contributed by atoms with Gasteiger partial charge in [-0.05, 0) is 32.9 Å². The van der Waals surface area contributed by atoms with Gasteiger partial charge in [-0.1, -0.05) is 19.4 Å². The molecule has 0 aromatic heterocycles. The molecule has 31 heavy (non-hydrogen) atoms. The highest BCUT2D eigenvalue weighted by molar-refractivity contribution is 5.87. The number of nitrogens with zero attached hydrogens (tertiary/aromatic N) is 2. The zero-order valence-electron chi connectivity index (χ0n) is 19.2. The van der Waals surface area contributed by atoms with Crippen LogP contribution >= 0.6 is 0 Å². The number of likely N-dealkylation sites (tertiary alicyclic amines) is 1. The van der Waals surface area contributed by atoms with Crippen molar-refractivity contribution in [1.29, 1.82) is 0 Å². The fourth-order valence-electron chi connectivity index (χ4n) is 5.68. The molecule has 1 heterocycles. The molecule has 8 nitrogen and oxygen atoms in total. The Kier molecular flexibility index (Phi) is 8.13. The number of hydrogen-bond donors (Lipinski definition) is 3. The lowest BCUT2D eigenvalue weighted by Gasteiger charge is -2.42. The lowest BCUT2D eigenvalue weighted by Crippen LogP contribution is -2.55. The van der Waals surface area contributed by atoms with Crippen LogP contribution in [0.4, 0.5) is 0 Å². The van der Waals surface area contributed by atoms with Crippen molar-refractivity contribution in [2.75, 3.05) is 40.8 Å². The van der Waals surface area contributed by atoms with Crippen molar-refractivity contribution < 1.29 is 24.5 Å². The van der Waals surface area contributed by atoms with Gasteiger partial charge in [0.2, 0.25) is 11.8 Å². The minimum Gasteiger partial charge on any atom is -0.393 e. The van der Waals surface area contributed by atoms with Gasteiger partial charge in [0.05, 0.1) is 24.2 Å². The summed E-state index contributed by atoms with van der Waals surface area (Å²) in [7, 11) is 5.44. The highest BCUT2D eigenvalue weighted by Gasteiger charge is 2.50. The van der Waals surface area contributed by atoms with Crippen LogP contribution in [0.1, 0.15) is 32.6 Å². The van der Waals surface area contributed by atoms with Gasteiger partial charge in [-0.25, -0.2) is 0 Å². The third kappa shape index (κ3) is 5.48. The van der Waals surface area contributed by atoms with Crippen molar-refractivity contribution in [3.63, 3.8) is 0 Å². The Bertz CT molecular complexity index is 670. The van der Waals surface area contributed by atoms with Crippen LogP contribution in [-0.4, -0.2) is 97.0 Å². The summed E-state index contributed by atoms with van der Waals surface area (Å²) in [6, 6.07) is 0.0586. The number of carbonyl (C=O) groups is 2. The highest BCUT2D eigenvalue weighted by Crippen LogP contribution is 2.39. The average Bonchev–Trinajstić information content (AvgIpc) is 3.15. The van der Waals surface area contributed by atoms with Crippen LogP contribution in [0, 0.1) is 23.7 Å². The molecule has 8 heteroatoms. The maximum absolute atomic E-state index is 13.4. The Hall–Kier alpha value is -1.48. The van der Waals surface area contributed by atoms with Crippen molar-refractivity contribution in [2.24, 2.45) is 23.7 Å². The van der Waals surface area contributed by atoms with E-state index in [1.54, 1.807) is 6.08 Å². The SMILES string of the molecule is COC1C(C)C(O)CC(O)C1C(=O)N1CC2CCCC(NC(=O)/C=C/CN(C)C)C2C1. The average molecular weight is 438 g/mol. The fourth-order valence-corrected chi connectivity index (χ4v) is 5.68. The quantitative estimate of drug-likeness (QED) is 0.515. The van der Waals surface area contributed by atoms with E-state index in [1.165, 1.54) is 7.11 Å². The number of amides is 2. The van der Waals surface area contributed by atoms with E-state index in [-0.39, 0.29) is 36.1 Å². The van der Waals surface area contributed by atoms with E-state index in [2.05, 4.69) is 5.32 Å². The molecule has 1 saturated heterocycles. The number of methoxy groups -OCH3 is 1. The van der Waals surface area contributed by atoms with Crippen molar-refractivity contribution in [2.45, 2.75) is 57.0 Å². The van der Waals surface area contributed by atoms with E-state index < -0.39 is 24.2 Å². The Balaban J connectivity index is 1.65. The van der Waals surface area contributed by atoms with Gasteiger partial charge in [0, 0.05) is 57.1 Å². The smallest absolute Gasteiger partial charge is 0.243 e. The van der Waals surface area contributed by atoms with Crippen LogP contribution in [0.3, 0.4) is 0 Å². The number of carbonyl (C=O) groups excluding carboxylic acids is 2. The van der Waals surface area contributed by atoms with Crippen molar-refractivity contribution in [3.8, 4) is 0 Å². The summed E-state index contributed by atoms with van der Waals surface area (Å²) in [5, 5.41) is 23.9. The molecule has 0 aromatic rings. The second kappa shape index (κ2) is 10.4. The summed E-state index contributed by atoms with van der Waals surface area (Å²) in [5.74, 6) is -0.461. The number of aliphatic hydroxyl groups is 2. The summed E-state index contributed by atoms with van der Waals surface area (Å²) in [6.07, 6.45) is 4.54. The van der Waals surface area contributed by atoms with E-state index in [1.807, 2.05) is 36.9 Å². The number of ether oxygens (including phenoxy) is 1. The predicted molar refractivity (Wildman–Crippen MR) is 117 cm³/mol. The molecule has 0 spiro atoms. The maximum Gasteiger partial charge on any atom is 0.243 e. The number of nitrogens with one attached hydrogen (secondary N) is 1. The van der Waals surface area contributed by atoms with Crippen molar-refractivity contribution in [1.82, 2.24) is 15.1 Å². The lowest BCUT2D eigenvalue weighted by atomic mass is 9.75. The summed E-state index contributed by atoms with van der Waals surface area (Å²) >= 11 is 0. The molecule has 1 aliphatic heterocycles. The standard InChI is InChI=1S/C23H39N3O5/c1-14-18(27)11-19(28)21(22(14)31-4)23(30)26-12-15-7-5-8-17(16(15)13-26)24-20(29)9-6-10-25(2)3/h6,9,14-19,21-22,27-28H,5,7-8,10-13H2,1-4H3,(H,24,29)/b9-6+. The molecule has 0 bridgehead atoms. The molecule has 8 unspecified atom stereocenters. The molecule has 3 N–H and O–H groups in total. The molecule has 3 rings (SSSR count). The molecule has 8 atom stereocenters. The minimum absolute atomic E-state index is 0.0586. The van der Waals surface area contributed by atoms with Gasteiger partial charge in [0.1, 0.15) is 0 Å². The number of rotatable bonds is 6. The topological polar surface area (TPSA) is 102 Å². The van der Waals surface area contributed by atoms with E-state index in [0.717, 1.165) is 19.3 Å². The molecule has 0 aromatic carbocycles. The lowest BCUT2D eigenvalue weighted by molar-refractivity contribution is -0.162. The van der Waals surface area contributed by atoms with Crippen molar-refractivity contribution >= 4 is 11.8 Å². The molecule has 3 fully saturated rings. The predicted octanol–water partition coefficient (Wildman–Crippen LogP) is 0.240. The zero-order valence-corrected chi connectivity index (χ0v) is 19.2. The molecule has 176 valence electrons. The normalized spacial score (nSPS) is 38.5. The first-order valence-electron chi connectivity index (χ1n) is 11.5. The number of likely N-dealkylation sites (N-methyl/N-ethyl adjacent to an activating group) is 1. The molecule has 0 radical (unpaired) electrons. The Labute approximate surface area is 185 Å². The number of aliphatic hydroxyl groups excluding tert-OH is 2. The third-order valence-corrected chi connectivity index (χ3v) is 7.41. The molecule has 2 aliphatic carbocycles. The molecular formula is C23H39N3O5. The number of hydrogen-bond acceptors (Lipinski definition) is 6. The van der Waals surface area contributed by atoms with Gasteiger partial charge in [0.25, 0.3) is 0 Å². The zero-order chi connectivity index (χ0) is 22.7. The maximum atomic E-state index is 13.4. The Morgan fingerprint density at radius 3 is 2.61 bits per heavy atom. The first-order valence-corrected chi connectivity index (χ1v) is 11.5.